The van der Waals surface area contributed by atoms with Gasteiger partial charge in [-0.15, -0.1) is 0 Å². The second-order valence-electron chi connectivity index (χ2n) is 18.6. The molecule has 3 heterocycles. The van der Waals surface area contributed by atoms with Crippen LogP contribution < -0.4 is 23.8 Å². The van der Waals surface area contributed by atoms with Crippen molar-refractivity contribution in [1.29, 1.82) is 10.8 Å². The highest BCUT2D eigenvalue weighted by Gasteiger charge is 2.45. The summed E-state index contributed by atoms with van der Waals surface area (Å²) in [5.74, 6) is -0.823. The van der Waals surface area contributed by atoms with Crippen molar-refractivity contribution >= 4 is 334 Å². The molecule has 0 aliphatic carbocycles. The maximum absolute atomic E-state index is 13.0. The number of nitrogens with zero attached hydrogens (tertiary/aromatic N) is 5. The van der Waals surface area contributed by atoms with E-state index in [1.165, 1.54) is 12.2 Å². The minimum Gasteiger partial charge on any atom is -0.455 e. The first kappa shape index (κ1) is 80.6. The lowest BCUT2D eigenvalue weighted by molar-refractivity contribution is -0.120. The molecule has 6 amide bonds. The quantitative estimate of drug-likeness (QED) is 0.0212. The monoisotopic (exact) mass is 2410 g/mol. The van der Waals surface area contributed by atoms with Gasteiger partial charge in [-0.05, 0) is 327 Å². The van der Waals surface area contributed by atoms with Crippen LogP contribution in [0, 0.1) is 10.8 Å². The standard InChI is InChI=1S/C29H16Br10O5.C18H4Br8N2O4.C10H7NO2.C2H6.N2/c1-29(2,12-3-16(32)24(17(33)4-12)41-11-42-25-20(36)7-14(30)8-21(25)37)13-5-18(34)26(19(35)6-13)43-28(40)44-27-22(38)9-15(31)10-23(27)39;19-7-3-4(8(20)12(24)11(7)23)16(30)27(15(3)29)1-2-28-17(31)5-6(18(28)32)10(22)14(26)13(25)9(5)21;12-9-6-7-10(13)11(9)8-4-2-1-3-5-8;2*1-2/h3-10H,11H2,1-2H3;1-2H2;1-7H;1-2H3;. The largest absolute Gasteiger partial charge is 0.519 e. The molecule has 7 aromatic carbocycles. The first-order chi connectivity index (χ1) is 43.8. The van der Waals surface area contributed by atoms with E-state index in [2.05, 4.69) is 301 Å². The second kappa shape index (κ2) is 35.3. The van der Waals surface area contributed by atoms with E-state index in [0.29, 0.717) is 76.6 Å². The molecule has 486 valence electrons. The molecule has 0 N–H and O–H groups in total. The first-order valence-electron chi connectivity index (χ1n) is 25.5. The van der Waals surface area contributed by atoms with E-state index in [1.54, 1.807) is 36.4 Å². The van der Waals surface area contributed by atoms with Crippen LogP contribution in [-0.2, 0) is 15.0 Å². The zero-order valence-corrected chi connectivity index (χ0v) is 75.4. The third-order valence-corrected chi connectivity index (χ3v) is 28.0. The van der Waals surface area contributed by atoms with Gasteiger partial charge in [-0.2, -0.15) is 0 Å². The van der Waals surface area contributed by atoms with Gasteiger partial charge in [0.25, 0.3) is 35.4 Å². The van der Waals surface area contributed by atoms with Gasteiger partial charge in [0.2, 0.25) is 6.79 Å². The number of benzene rings is 7. The molecule has 0 bridgehead atoms. The lowest BCUT2D eigenvalue weighted by atomic mass is 9.78. The van der Waals surface area contributed by atoms with Gasteiger partial charge < -0.3 is 18.9 Å². The van der Waals surface area contributed by atoms with Crippen molar-refractivity contribution in [3.05, 3.63) is 205 Å². The van der Waals surface area contributed by atoms with Gasteiger partial charge >= 0.3 is 6.16 Å². The van der Waals surface area contributed by atoms with Gasteiger partial charge in [-0.1, -0.05) is 77.8 Å². The number of hydrogen-bond donors (Lipinski definition) is 0. The Morgan fingerprint density at radius 1 is 0.409 bits per heavy atom. The first-order valence-corrected chi connectivity index (χ1v) is 39.7. The Labute approximate surface area is 683 Å². The number of amides is 6. The summed E-state index contributed by atoms with van der Waals surface area (Å²) in [7, 11) is 0. The van der Waals surface area contributed by atoms with Gasteiger partial charge in [-0.3, -0.25) is 38.6 Å². The summed E-state index contributed by atoms with van der Waals surface area (Å²) in [5.41, 5.74) is 2.92. The number of carbonyl (C=O) groups is 7. The molecule has 0 saturated carbocycles. The van der Waals surface area contributed by atoms with Crippen LogP contribution in [0.4, 0.5) is 10.5 Å². The number of rotatable bonds is 12. The van der Waals surface area contributed by atoms with Crippen molar-refractivity contribution in [3.8, 4) is 23.0 Å². The van der Waals surface area contributed by atoms with E-state index in [-0.39, 0.29) is 59.7 Å². The lowest BCUT2D eigenvalue weighted by Crippen LogP contribution is -2.40. The molecule has 0 fully saturated rings. The van der Waals surface area contributed by atoms with E-state index in [4.69, 9.17) is 29.7 Å². The Hall–Kier alpha value is -1.37. The van der Waals surface area contributed by atoms with Crippen LogP contribution in [0.15, 0.2) is 172 Å². The molecule has 0 spiro atoms. The van der Waals surface area contributed by atoms with Gasteiger partial charge in [0.1, 0.15) is 0 Å². The van der Waals surface area contributed by atoms with E-state index < -0.39 is 35.2 Å². The fraction of sp³-hybridized carbons (Fsp3) is 0.136. The SMILES string of the molecule is CC.CC(C)(c1cc(Br)c(OCOc2c(Br)cc(Br)cc2Br)c(Br)c1)c1cc(Br)c(OC(=O)Oc2c(Br)cc(Br)cc2Br)c(Br)c1.N#N.O=C1C=CC(=O)N1c1ccccc1.O=C1c2c(Br)c(Br)c(Br)c(Br)c2C(=O)N1CCN1C(=O)c2c(Br)c(Br)c(Br)c(Br)c2C1=O. The summed E-state index contributed by atoms with van der Waals surface area (Å²) in [6, 6.07) is 24.0. The van der Waals surface area contributed by atoms with Crippen molar-refractivity contribution in [3.63, 3.8) is 0 Å². The van der Waals surface area contributed by atoms with E-state index >= 15 is 0 Å². The van der Waals surface area contributed by atoms with E-state index in [9.17, 15) is 33.6 Å². The fourth-order valence-corrected chi connectivity index (χ4v) is 21.1. The van der Waals surface area contributed by atoms with Crippen LogP contribution in [0.3, 0.4) is 0 Å². The summed E-state index contributed by atoms with van der Waals surface area (Å²) < 4.78 is 34.1. The molecule has 34 heteroatoms. The number of hydrogen-bond acceptors (Lipinski definition) is 13. The minimum atomic E-state index is -0.894. The Morgan fingerprint density at radius 3 is 0.978 bits per heavy atom. The molecule has 10 rings (SSSR count). The molecule has 0 unspecified atom stereocenters. The molecule has 0 radical (unpaired) electrons. The van der Waals surface area contributed by atoms with Crippen molar-refractivity contribution in [2.24, 2.45) is 0 Å². The maximum Gasteiger partial charge on any atom is 0.519 e. The molecule has 0 aromatic heterocycles. The van der Waals surface area contributed by atoms with Crippen molar-refractivity contribution < 1.29 is 52.5 Å². The summed E-state index contributed by atoms with van der Waals surface area (Å²) in [5, 5.41) is 12.0. The Balaban J connectivity index is 0.000000242. The van der Waals surface area contributed by atoms with Crippen molar-refractivity contribution in [1.82, 2.24) is 9.80 Å². The van der Waals surface area contributed by atoms with Crippen LogP contribution >= 0.6 is 287 Å². The predicted octanol–water partition coefficient (Wildman–Crippen LogP) is 24.5. The normalized spacial score (nSPS) is 12.9. The smallest absolute Gasteiger partial charge is 0.455 e. The Bertz CT molecular complexity index is 3980. The molecular weight excluding hydrogens is 2390 g/mol. The third kappa shape index (κ3) is 18.0. The van der Waals surface area contributed by atoms with Gasteiger partial charge in [0, 0.05) is 86.2 Å². The van der Waals surface area contributed by atoms with E-state index in [1.807, 2.05) is 56.3 Å². The topological polar surface area (TPSA) is 214 Å². The van der Waals surface area contributed by atoms with Gasteiger partial charge in [0.15, 0.2) is 23.0 Å². The van der Waals surface area contributed by atoms with Crippen LogP contribution in [0.2, 0.25) is 0 Å². The second-order valence-corrected chi connectivity index (χ2v) is 33.6. The Kier molecular flexibility index (Phi) is 30.6. The highest BCUT2D eigenvalue weighted by atomic mass is 79.9. The van der Waals surface area contributed by atoms with Crippen LogP contribution in [-0.4, -0.2) is 71.3 Å². The van der Waals surface area contributed by atoms with Gasteiger partial charge in [-0.25, -0.2) is 9.69 Å². The molecule has 3 aliphatic rings. The highest BCUT2D eigenvalue weighted by molar-refractivity contribution is 9.16. The predicted molar refractivity (Wildman–Crippen MR) is 416 cm³/mol. The fourth-order valence-electron chi connectivity index (χ4n) is 8.50. The number of imide groups is 3. The number of fused-ring (bicyclic) bond motifs is 2. The molecule has 16 nitrogen and oxygen atoms in total. The summed E-state index contributed by atoms with van der Waals surface area (Å²) in [4.78, 5) is 90.4. The van der Waals surface area contributed by atoms with Crippen molar-refractivity contribution in [2.75, 3.05) is 24.8 Å². The van der Waals surface area contributed by atoms with Crippen molar-refractivity contribution in [2.45, 2.75) is 33.1 Å². The molecule has 7 aromatic rings. The Morgan fingerprint density at radius 2 is 0.677 bits per heavy atom. The molecule has 93 heavy (non-hydrogen) atoms. The third-order valence-electron chi connectivity index (χ3n) is 12.9. The zero-order chi connectivity index (χ0) is 69.6. The number of anilines is 1. The van der Waals surface area contributed by atoms with Crippen LogP contribution in [0.25, 0.3) is 0 Å². The van der Waals surface area contributed by atoms with Crippen LogP contribution in [0.1, 0.15) is 80.3 Å². The van der Waals surface area contributed by atoms with Gasteiger partial charge in [0.05, 0.1) is 63.7 Å². The average molecular weight is 2430 g/mol. The number of para-hydroxylation sites is 1. The minimum absolute atomic E-state index is 0.0156. The molecule has 0 saturated heterocycles. The average Bonchev–Trinajstić information content (AvgIpc) is 1.63. The summed E-state index contributed by atoms with van der Waals surface area (Å²) in [6.45, 7) is 7.88. The highest BCUT2D eigenvalue weighted by Crippen LogP contribution is 2.49. The maximum atomic E-state index is 13.0. The number of halogens is 18. The number of ether oxygens (including phenoxy) is 4. The summed E-state index contributed by atoms with van der Waals surface area (Å²) >= 11 is 62.1. The number of carbonyl (C=O) groups excluding carboxylic acids is 7. The van der Waals surface area contributed by atoms with E-state index in [0.717, 1.165) is 52.7 Å². The van der Waals surface area contributed by atoms with Crippen LogP contribution in [0.5, 0.6) is 23.0 Å². The molecule has 0 atom stereocenters. The molecule has 3 aliphatic heterocycles. The lowest BCUT2D eigenvalue weighted by Gasteiger charge is -2.28. The summed E-state index contributed by atoms with van der Waals surface area (Å²) in [6.07, 6.45) is 1.65. The zero-order valence-electron chi connectivity index (χ0n) is 46.8. The molecular formula is C59H33Br18N5O11.